The van der Waals surface area contributed by atoms with Crippen molar-refractivity contribution in [1.82, 2.24) is 0 Å². The number of hydrogen-bond donors (Lipinski definition) is 3. The van der Waals surface area contributed by atoms with Crippen LogP contribution < -0.4 is 0 Å². The lowest BCUT2D eigenvalue weighted by Crippen LogP contribution is -2.44. The average molecular weight is 304 g/mol. The Bertz CT molecular complexity index is 348. The zero-order valence-electron chi connectivity index (χ0n) is 11.8. The monoisotopic (exact) mass is 304 g/mol. The van der Waals surface area contributed by atoms with Crippen LogP contribution in [-0.4, -0.2) is 52.2 Å². The molecule has 0 atom stereocenters. The van der Waals surface area contributed by atoms with Gasteiger partial charge in [0, 0.05) is 32.3 Å². The molecule has 0 spiro atoms. The maximum atomic E-state index is 10.8. The van der Waals surface area contributed by atoms with Crippen LogP contribution in [-0.2, 0) is 23.9 Å². The van der Waals surface area contributed by atoms with E-state index in [2.05, 4.69) is 22.6 Å². The number of carboxylic acids is 1. The standard InChI is InChI=1S/C9H10O6.C4H10O2/c1-4-6(10)14-9(3,8(12)13)15-7(11)5-2;5-3-1-2-4-6/h4-5H,1-2H2,3H3,(H,12,13);5-6H,1-4H2. The third kappa shape index (κ3) is 10.3. The molecule has 0 bridgehead atoms. The molecule has 0 saturated carbocycles. The maximum absolute atomic E-state index is 10.8. The van der Waals surface area contributed by atoms with Gasteiger partial charge in [-0.25, -0.2) is 14.4 Å². The largest absolute Gasteiger partial charge is 0.475 e. The third-order valence-corrected chi connectivity index (χ3v) is 1.88. The van der Waals surface area contributed by atoms with Crippen LogP contribution in [0.2, 0.25) is 0 Å². The van der Waals surface area contributed by atoms with Gasteiger partial charge in [-0.05, 0) is 12.8 Å². The molecule has 3 N–H and O–H groups in total. The van der Waals surface area contributed by atoms with Crippen molar-refractivity contribution in [3.05, 3.63) is 25.3 Å². The summed E-state index contributed by atoms with van der Waals surface area (Å²) >= 11 is 0. The molecule has 21 heavy (non-hydrogen) atoms. The van der Waals surface area contributed by atoms with Crippen molar-refractivity contribution in [2.75, 3.05) is 13.2 Å². The second kappa shape index (κ2) is 11.6. The molecule has 0 saturated heterocycles. The molecule has 0 amide bonds. The summed E-state index contributed by atoms with van der Waals surface area (Å²) in [6, 6.07) is 0. The second-order valence-corrected chi connectivity index (χ2v) is 3.66. The molecular weight excluding hydrogens is 284 g/mol. The Morgan fingerprint density at radius 2 is 1.33 bits per heavy atom. The summed E-state index contributed by atoms with van der Waals surface area (Å²) in [5.41, 5.74) is 0. The normalized spacial score (nSPS) is 9.67. The van der Waals surface area contributed by atoms with Crippen molar-refractivity contribution in [3.63, 3.8) is 0 Å². The first-order valence-corrected chi connectivity index (χ1v) is 5.93. The second-order valence-electron chi connectivity index (χ2n) is 3.66. The lowest BCUT2D eigenvalue weighted by molar-refractivity contribution is -0.226. The van der Waals surface area contributed by atoms with Crippen LogP contribution in [0.5, 0.6) is 0 Å². The summed E-state index contributed by atoms with van der Waals surface area (Å²) in [4.78, 5) is 32.3. The summed E-state index contributed by atoms with van der Waals surface area (Å²) < 4.78 is 8.75. The van der Waals surface area contributed by atoms with Crippen molar-refractivity contribution in [2.24, 2.45) is 0 Å². The fraction of sp³-hybridized carbons (Fsp3) is 0.462. The van der Waals surface area contributed by atoms with Crippen LogP contribution in [0.3, 0.4) is 0 Å². The Labute approximate surface area is 122 Å². The number of aliphatic carboxylic acids is 1. The van der Waals surface area contributed by atoms with Gasteiger partial charge in [-0.2, -0.15) is 0 Å². The van der Waals surface area contributed by atoms with E-state index in [1.165, 1.54) is 0 Å². The molecule has 0 heterocycles. The van der Waals surface area contributed by atoms with Gasteiger partial charge in [-0.1, -0.05) is 13.2 Å². The number of ether oxygens (including phenoxy) is 2. The highest BCUT2D eigenvalue weighted by Crippen LogP contribution is 2.14. The average Bonchev–Trinajstić information content (AvgIpc) is 2.45. The summed E-state index contributed by atoms with van der Waals surface area (Å²) in [5, 5.41) is 24.9. The Kier molecular flexibility index (Phi) is 11.7. The smallest absolute Gasteiger partial charge is 0.390 e. The Morgan fingerprint density at radius 3 is 1.52 bits per heavy atom. The van der Waals surface area contributed by atoms with Gasteiger partial charge in [0.1, 0.15) is 0 Å². The van der Waals surface area contributed by atoms with Gasteiger partial charge in [0.2, 0.25) is 0 Å². The number of carbonyl (C=O) groups is 3. The van der Waals surface area contributed by atoms with E-state index < -0.39 is 23.7 Å². The SMILES string of the molecule is C=CC(=O)OC(C)(OC(=O)C=C)C(=O)O.OCCCCO. The van der Waals surface area contributed by atoms with E-state index in [4.69, 9.17) is 15.3 Å². The van der Waals surface area contributed by atoms with Crippen LogP contribution in [0.1, 0.15) is 19.8 Å². The van der Waals surface area contributed by atoms with E-state index in [0.29, 0.717) is 0 Å². The summed E-state index contributed by atoms with van der Waals surface area (Å²) in [6.07, 6.45) is 2.94. The number of aliphatic hydroxyl groups is 2. The van der Waals surface area contributed by atoms with Crippen molar-refractivity contribution >= 4 is 17.9 Å². The molecule has 0 aliphatic rings. The van der Waals surface area contributed by atoms with Gasteiger partial charge in [0.05, 0.1) is 0 Å². The number of rotatable bonds is 8. The van der Waals surface area contributed by atoms with Gasteiger partial charge in [-0.3, -0.25) is 0 Å². The summed E-state index contributed by atoms with van der Waals surface area (Å²) in [6.45, 7) is 7.46. The molecule has 8 nitrogen and oxygen atoms in total. The molecule has 120 valence electrons. The molecule has 8 heteroatoms. The van der Waals surface area contributed by atoms with Gasteiger partial charge >= 0.3 is 23.7 Å². The first kappa shape index (κ1) is 21.1. The topological polar surface area (TPSA) is 130 Å². The summed E-state index contributed by atoms with van der Waals surface area (Å²) in [5.74, 6) is -6.03. The number of unbranched alkanes of at least 4 members (excludes halogenated alkanes) is 1. The third-order valence-electron chi connectivity index (χ3n) is 1.88. The van der Waals surface area contributed by atoms with Crippen LogP contribution in [0.15, 0.2) is 25.3 Å². The van der Waals surface area contributed by atoms with Crippen LogP contribution in [0.4, 0.5) is 0 Å². The molecule has 0 aromatic carbocycles. The van der Waals surface area contributed by atoms with E-state index >= 15 is 0 Å². The lowest BCUT2D eigenvalue weighted by Gasteiger charge is -2.23. The molecule has 0 unspecified atom stereocenters. The molecular formula is C13H20O8. The Balaban J connectivity index is 0. The van der Waals surface area contributed by atoms with Crippen LogP contribution in [0.25, 0.3) is 0 Å². The molecule has 0 aromatic rings. The Hall–Kier alpha value is -2.19. The molecule has 0 fully saturated rings. The highest BCUT2D eigenvalue weighted by atomic mass is 16.7. The number of carboxylic acid groups (broad SMARTS) is 1. The highest BCUT2D eigenvalue weighted by Gasteiger charge is 2.41. The number of aliphatic hydroxyl groups excluding tert-OH is 2. The van der Waals surface area contributed by atoms with E-state index in [1.54, 1.807) is 0 Å². The lowest BCUT2D eigenvalue weighted by atomic mass is 10.3. The van der Waals surface area contributed by atoms with E-state index in [9.17, 15) is 14.4 Å². The minimum atomic E-state index is -2.38. The van der Waals surface area contributed by atoms with Crippen molar-refractivity contribution in [1.29, 1.82) is 0 Å². The minimum absolute atomic E-state index is 0.195. The predicted octanol–water partition coefficient (Wildman–Crippen LogP) is -0.00320. The molecule has 0 aliphatic heterocycles. The number of esters is 2. The van der Waals surface area contributed by atoms with Gasteiger partial charge in [0.15, 0.2) is 0 Å². The highest BCUT2D eigenvalue weighted by molar-refractivity contribution is 5.89. The first-order valence-electron chi connectivity index (χ1n) is 5.93. The van der Waals surface area contributed by atoms with Crippen LogP contribution in [0, 0.1) is 0 Å². The van der Waals surface area contributed by atoms with Crippen LogP contribution >= 0.6 is 0 Å². The van der Waals surface area contributed by atoms with Crippen molar-refractivity contribution < 1.29 is 39.2 Å². The first-order chi connectivity index (χ1) is 9.77. The van der Waals surface area contributed by atoms with E-state index in [0.717, 1.165) is 31.9 Å². The predicted molar refractivity (Wildman–Crippen MR) is 72.0 cm³/mol. The van der Waals surface area contributed by atoms with Crippen molar-refractivity contribution in [3.8, 4) is 0 Å². The fourth-order valence-electron chi connectivity index (χ4n) is 0.799. The molecule has 0 radical (unpaired) electrons. The van der Waals surface area contributed by atoms with E-state index in [1.807, 2.05) is 0 Å². The zero-order valence-corrected chi connectivity index (χ0v) is 11.8. The van der Waals surface area contributed by atoms with Gasteiger partial charge in [-0.15, -0.1) is 0 Å². The van der Waals surface area contributed by atoms with Crippen molar-refractivity contribution in [2.45, 2.75) is 25.6 Å². The maximum Gasteiger partial charge on any atom is 0.390 e. The van der Waals surface area contributed by atoms with E-state index in [-0.39, 0.29) is 13.2 Å². The molecule has 0 aromatic heterocycles. The quantitative estimate of drug-likeness (QED) is 0.247. The fourth-order valence-corrected chi connectivity index (χ4v) is 0.799. The number of hydrogen-bond acceptors (Lipinski definition) is 7. The van der Waals surface area contributed by atoms with Gasteiger partial charge < -0.3 is 24.8 Å². The number of carbonyl (C=O) groups excluding carboxylic acids is 2. The molecule has 0 aliphatic carbocycles. The minimum Gasteiger partial charge on any atom is -0.475 e. The zero-order chi connectivity index (χ0) is 16.9. The Morgan fingerprint density at radius 1 is 1.00 bits per heavy atom. The molecule has 0 rings (SSSR count). The summed E-state index contributed by atoms with van der Waals surface area (Å²) in [7, 11) is 0. The van der Waals surface area contributed by atoms with Gasteiger partial charge in [0.25, 0.3) is 0 Å².